The topological polar surface area (TPSA) is 130 Å². The van der Waals surface area contributed by atoms with Gasteiger partial charge in [-0.3, -0.25) is 24.5 Å². The van der Waals surface area contributed by atoms with Crippen molar-refractivity contribution in [2.24, 2.45) is 5.41 Å². The van der Waals surface area contributed by atoms with Crippen LogP contribution in [-0.4, -0.2) is 114 Å². The Kier molecular flexibility index (Phi) is 13.1. The molecular weight excluding hydrogens is 814 g/mol. The van der Waals surface area contributed by atoms with Gasteiger partial charge in [-0.25, -0.2) is 14.6 Å². The molecule has 0 unspecified atom stereocenters. The number of aromatic nitrogens is 2. The lowest BCUT2D eigenvalue weighted by Crippen LogP contribution is -2.60. The first-order valence-electron chi connectivity index (χ1n) is 23.2. The highest BCUT2D eigenvalue weighted by atomic mass is 19.1. The van der Waals surface area contributed by atoms with Crippen molar-refractivity contribution in [3.8, 4) is 22.4 Å². The number of carbonyl (C=O) groups excluding carboxylic acids is 3. The molecule has 2 aromatic carbocycles. The number of halogens is 1. The summed E-state index contributed by atoms with van der Waals surface area (Å²) in [6.07, 6.45) is 2.97. The molecule has 14 heteroatoms. The SMILES string of the molecule is CCn1c(-c2cc(N3CCN4CCOC[C@@H]4C3)cnc2C(C)C)c2c3cc(ccc31)-c1cc(CF)cc(c1)C[C@H](NC(=O)OC(C)(C)C)C(=O)N1CCC[C@H](N1)C(=O)OCC(C)(C)C2. The highest BCUT2D eigenvalue weighted by Crippen LogP contribution is 2.43. The molecule has 3 atom stereocenters. The summed E-state index contributed by atoms with van der Waals surface area (Å²) in [6.45, 7) is 21.7. The van der Waals surface area contributed by atoms with Crippen LogP contribution in [0.25, 0.3) is 33.3 Å². The Morgan fingerprint density at radius 3 is 2.62 bits per heavy atom. The van der Waals surface area contributed by atoms with Gasteiger partial charge in [0.25, 0.3) is 5.91 Å². The van der Waals surface area contributed by atoms with Gasteiger partial charge in [0.05, 0.1) is 49.1 Å². The molecule has 13 nitrogen and oxygen atoms in total. The molecule has 4 aromatic rings. The summed E-state index contributed by atoms with van der Waals surface area (Å²) >= 11 is 0. The van der Waals surface area contributed by atoms with Crippen LogP contribution >= 0.6 is 0 Å². The minimum Gasteiger partial charge on any atom is -0.464 e. The second kappa shape index (κ2) is 18.4. The summed E-state index contributed by atoms with van der Waals surface area (Å²) in [5, 5.41) is 5.26. The maximum absolute atomic E-state index is 14.8. The molecule has 2 aromatic heterocycles. The number of fused-ring (bicyclic) bond motifs is 7. The Bertz CT molecular complexity index is 2390. The number of amides is 2. The van der Waals surface area contributed by atoms with Crippen LogP contribution < -0.4 is 15.6 Å². The molecule has 6 heterocycles. The second-order valence-electron chi connectivity index (χ2n) is 20.1. The van der Waals surface area contributed by atoms with E-state index in [-0.39, 0.29) is 18.9 Å². The predicted molar refractivity (Wildman–Crippen MR) is 247 cm³/mol. The van der Waals surface area contributed by atoms with Crippen LogP contribution in [0.2, 0.25) is 0 Å². The molecule has 2 amide bonds. The monoisotopic (exact) mass is 880 g/mol. The number of ether oxygens (including phenoxy) is 3. The van der Waals surface area contributed by atoms with Gasteiger partial charge in [-0.1, -0.05) is 45.9 Å². The number of pyridine rings is 1. The van der Waals surface area contributed by atoms with Crippen molar-refractivity contribution in [3.05, 3.63) is 71.0 Å². The van der Waals surface area contributed by atoms with Crippen molar-refractivity contribution < 1.29 is 33.0 Å². The van der Waals surface area contributed by atoms with Crippen LogP contribution in [0.1, 0.15) is 96.5 Å². The minimum atomic E-state index is -1.08. The van der Waals surface area contributed by atoms with Gasteiger partial charge < -0.3 is 29.0 Å². The third-order valence-corrected chi connectivity index (χ3v) is 13.0. The smallest absolute Gasteiger partial charge is 0.408 e. The highest BCUT2D eigenvalue weighted by molar-refractivity contribution is 5.96. The number of nitrogens with zero attached hydrogens (tertiary/aromatic N) is 5. The number of anilines is 1. The summed E-state index contributed by atoms with van der Waals surface area (Å²) in [7, 11) is 0. The number of hydrazine groups is 1. The fourth-order valence-corrected chi connectivity index (χ4v) is 9.90. The molecule has 4 aliphatic heterocycles. The molecule has 4 aliphatic rings. The number of morpholine rings is 1. The number of rotatable bonds is 6. The Morgan fingerprint density at radius 2 is 1.88 bits per heavy atom. The van der Waals surface area contributed by atoms with E-state index in [0.717, 1.165) is 89.6 Å². The average Bonchev–Trinajstić information content (AvgIpc) is 3.57. The Balaban J connectivity index is 1.28. The van der Waals surface area contributed by atoms with Gasteiger partial charge in [-0.05, 0) is 105 Å². The molecule has 344 valence electrons. The molecule has 64 heavy (non-hydrogen) atoms. The van der Waals surface area contributed by atoms with Crippen molar-refractivity contribution >= 4 is 34.6 Å². The maximum atomic E-state index is 14.8. The first-order chi connectivity index (χ1) is 30.5. The zero-order valence-corrected chi connectivity index (χ0v) is 38.9. The van der Waals surface area contributed by atoms with Crippen LogP contribution in [0.4, 0.5) is 14.9 Å². The van der Waals surface area contributed by atoms with E-state index < -0.39 is 47.7 Å². The van der Waals surface area contributed by atoms with Crippen molar-refractivity contribution in [3.63, 3.8) is 0 Å². The van der Waals surface area contributed by atoms with Crippen LogP contribution in [0.15, 0.2) is 48.7 Å². The number of cyclic esters (lactones) is 1. The number of aryl methyl sites for hydroxylation is 1. The molecule has 0 saturated carbocycles. The first kappa shape index (κ1) is 45.5. The molecule has 6 bridgehead atoms. The van der Waals surface area contributed by atoms with Gasteiger partial charge >= 0.3 is 12.1 Å². The Morgan fingerprint density at radius 1 is 1.06 bits per heavy atom. The van der Waals surface area contributed by atoms with Gasteiger partial charge in [0.15, 0.2) is 0 Å². The number of hydrogen-bond donors (Lipinski definition) is 2. The molecule has 0 radical (unpaired) electrons. The minimum absolute atomic E-state index is 0.0639. The van der Waals surface area contributed by atoms with Crippen molar-refractivity contribution in [2.45, 2.75) is 124 Å². The van der Waals surface area contributed by atoms with Gasteiger partial charge in [-0.2, -0.15) is 0 Å². The number of piperazine rings is 1. The lowest BCUT2D eigenvalue weighted by atomic mass is 9.83. The van der Waals surface area contributed by atoms with E-state index in [1.54, 1.807) is 26.8 Å². The lowest BCUT2D eigenvalue weighted by molar-refractivity contribution is -0.155. The molecule has 0 spiro atoms. The van der Waals surface area contributed by atoms with Crippen LogP contribution in [0.3, 0.4) is 0 Å². The average molecular weight is 880 g/mol. The number of alkyl halides is 1. The van der Waals surface area contributed by atoms with E-state index in [1.165, 1.54) is 5.01 Å². The van der Waals surface area contributed by atoms with Gasteiger partial charge in [-0.15, -0.1) is 0 Å². The molecular formula is C50H66FN7O6. The van der Waals surface area contributed by atoms with E-state index >= 15 is 0 Å². The zero-order chi connectivity index (χ0) is 45.5. The van der Waals surface area contributed by atoms with E-state index in [0.29, 0.717) is 49.5 Å². The molecule has 3 saturated heterocycles. The molecule has 3 fully saturated rings. The second-order valence-corrected chi connectivity index (χ2v) is 20.1. The molecule has 8 rings (SSSR count). The summed E-state index contributed by atoms with van der Waals surface area (Å²) < 4.78 is 34.8. The Labute approximate surface area is 376 Å². The summed E-state index contributed by atoms with van der Waals surface area (Å²) in [5.74, 6) is -0.734. The number of esters is 1. The highest BCUT2D eigenvalue weighted by Gasteiger charge is 2.37. The lowest BCUT2D eigenvalue weighted by Gasteiger charge is -2.44. The third-order valence-electron chi connectivity index (χ3n) is 13.0. The molecule has 0 aliphatic carbocycles. The standard InChI is InChI=1S/C50H66FN7O6/c1-9-57-43-13-12-34-23-38(43)40(45(57)39-24-36(27-52-44(39)31(2)3)56-16-15-55-17-18-62-29-37(55)28-56)25-50(7,8)30-63-47(60)41-11-10-14-58(54-41)46(59)42(53-48(61)64-49(4,5)6)22-32-19-33(26-51)21-35(34)20-32/h12-13,19-21,23-24,27,31,37,41-42,54H,9-11,14-18,22,25-26,28-30H2,1-8H3,(H,53,61)/t37-,41-,42-/m0/s1. The van der Waals surface area contributed by atoms with Crippen LogP contribution in [-0.2, 0) is 49.9 Å². The van der Waals surface area contributed by atoms with Gasteiger partial charge in [0.1, 0.15) is 24.4 Å². The fourth-order valence-electron chi connectivity index (χ4n) is 9.90. The van der Waals surface area contributed by atoms with Crippen molar-refractivity contribution in [1.29, 1.82) is 0 Å². The van der Waals surface area contributed by atoms with E-state index in [9.17, 15) is 18.8 Å². The predicted octanol–water partition coefficient (Wildman–Crippen LogP) is 7.56. The van der Waals surface area contributed by atoms with Crippen molar-refractivity contribution in [1.82, 2.24) is 30.2 Å². The Hall–Kier alpha value is -5.05. The molecule has 2 N–H and O–H groups in total. The number of alkyl carbamates (subject to hydrolysis) is 1. The number of benzene rings is 2. The summed E-state index contributed by atoms with van der Waals surface area (Å²) in [6, 6.07) is 12.8. The summed E-state index contributed by atoms with van der Waals surface area (Å²) in [5.41, 5.74) is 11.1. The first-order valence-corrected chi connectivity index (χ1v) is 23.2. The largest absolute Gasteiger partial charge is 0.464 e. The normalized spacial score (nSPS) is 22.2. The van der Waals surface area contributed by atoms with Crippen LogP contribution in [0.5, 0.6) is 0 Å². The van der Waals surface area contributed by atoms with E-state index in [4.69, 9.17) is 19.2 Å². The van der Waals surface area contributed by atoms with E-state index in [2.05, 4.69) is 84.0 Å². The number of carbonyl (C=O) groups is 3. The summed E-state index contributed by atoms with van der Waals surface area (Å²) in [4.78, 5) is 51.7. The number of nitrogens with one attached hydrogen (secondary N) is 2. The maximum Gasteiger partial charge on any atom is 0.408 e. The van der Waals surface area contributed by atoms with Crippen LogP contribution in [0, 0.1) is 5.41 Å². The number of hydrogen-bond acceptors (Lipinski definition) is 10. The quantitative estimate of drug-likeness (QED) is 0.187. The third kappa shape index (κ3) is 9.79. The van der Waals surface area contributed by atoms with Gasteiger partial charge in [0.2, 0.25) is 0 Å². The van der Waals surface area contributed by atoms with E-state index in [1.807, 2.05) is 18.3 Å². The fraction of sp³-hybridized carbons (Fsp3) is 0.560. The van der Waals surface area contributed by atoms with Gasteiger partial charge in [0, 0.05) is 67.6 Å². The van der Waals surface area contributed by atoms with Crippen molar-refractivity contribution in [2.75, 3.05) is 57.4 Å². The zero-order valence-electron chi connectivity index (χ0n) is 38.9.